The molecule has 2 aliphatic rings. The Hall–Kier alpha value is -2.94. The maximum Gasteiger partial charge on any atom is 0.433 e. The van der Waals surface area contributed by atoms with Crippen LogP contribution in [0.15, 0.2) is 36.4 Å². The second-order valence-corrected chi connectivity index (χ2v) is 9.79. The van der Waals surface area contributed by atoms with Crippen LogP contribution in [0.3, 0.4) is 0 Å². The van der Waals surface area contributed by atoms with E-state index >= 15 is 0 Å². The zero-order chi connectivity index (χ0) is 24.2. The molecule has 2 saturated heterocycles. The fourth-order valence-corrected chi connectivity index (χ4v) is 5.26. The first-order valence-corrected chi connectivity index (χ1v) is 11.7. The largest absolute Gasteiger partial charge is 0.433 e. The zero-order valence-electron chi connectivity index (χ0n) is 19.4. The monoisotopic (exact) mass is 471 g/mol. The molecule has 2 unspecified atom stereocenters. The number of carbonyl (C=O) groups is 1. The lowest BCUT2D eigenvalue weighted by molar-refractivity contribution is -0.142. The highest BCUT2D eigenvalue weighted by Gasteiger charge is 2.39. The lowest BCUT2D eigenvalue weighted by Crippen LogP contribution is -2.48. The maximum atomic E-state index is 13.9. The summed E-state index contributed by atoms with van der Waals surface area (Å²) in [5.74, 6) is -0.152. The molecule has 2 aromatic heterocycles. The first kappa shape index (κ1) is 22.8. The fraction of sp³-hybridized carbons (Fsp3) is 0.480. The van der Waals surface area contributed by atoms with Gasteiger partial charge < -0.3 is 10.2 Å². The average Bonchev–Trinajstić information content (AvgIpc) is 3.29. The summed E-state index contributed by atoms with van der Waals surface area (Å²) >= 11 is 0. The number of piperidine rings is 1. The molecule has 9 heteroatoms. The summed E-state index contributed by atoms with van der Waals surface area (Å²) in [4.78, 5) is 19.7. The Bertz CT molecular complexity index is 1200. The molecule has 180 valence electrons. The van der Waals surface area contributed by atoms with Crippen molar-refractivity contribution in [3.05, 3.63) is 53.3 Å². The minimum atomic E-state index is -4.65. The number of nitrogens with zero attached hydrogens (tertiary/aromatic N) is 4. The molecule has 0 aliphatic carbocycles. The van der Waals surface area contributed by atoms with Gasteiger partial charge in [-0.2, -0.15) is 18.3 Å². The van der Waals surface area contributed by atoms with E-state index < -0.39 is 17.8 Å². The van der Waals surface area contributed by atoms with Crippen molar-refractivity contribution in [3.8, 4) is 11.3 Å². The lowest BCUT2D eigenvalue weighted by Gasteiger charge is -2.36. The number of hydrogen-bond donors (Lipinski definition) is 1. The van der Waals surface area contributed by atoms with Gasteiger partial charge in [0.15, 0.2) is 17.0 Å². The molecule has 3 aromatic rings. The summed E-state index contributed by atoms with van der Waals surface area (Å²) in [5, 5.41) is 6.99. The number of halogens is 3. The van der Waals surface area contributed by atoms with E-state index in [1.165, 1.54) is 6.07 Å². The average molecular weight is 472 g/mol. The smallest absolute Gasteiger partial charge is 0.348 e. The molecule has 2 aliphatic heterocycles. The van der Waals surface area contributed by atoms with E-state index in [2.05, 4.69) is 41.2 Å². The van der Waals surface area contributed by atoms with Gasteiger partial charge in [-0.15, -0.1) is 0 Å². The highest BCUT2D eigenvalue weighted by Crippen LogP contribution is 2.35. The van der Waals surface area contributed by atoms with Crippen LogP contribution in [0.1, 0.15) is 67.2 Å². The molecule has 1 N–H and O–H groups in total. The summed E-state index contributed by atoms with van der Waals surface area (Å²) in [6.07, 6.45) is -0.743. The van der Waals surface area contributed by atoms with Crippen molar-refractivity contribution >= 4 is 11.6 Å². The van der Waals surface area contributed by atoms with E-state index in [1.807, 2.05) is 12.1 Å². The number of hydrogen-bond acceptors (Lipinski definition) is 4. The van der Waals surface area contributed by atoms with Crippen molar-refractivity contribution in [3.63, 3.8) is 0 Å². The number of fused-ring (bicyclic) bond motifs is 3. The van der Waals surface area contributed by atoms with E-state index in [0.29, 0.717) is 23.6 Å². The Morgan fingerprint density at radius 3 is 2.32 bits per heavy atom. The van der Waals surface area contributed by atoms with Crippen molar-refractivity contribution < 1.29 is 18.0 Å². The van der Waals surface area contributed by atoms with Crippen molar-refractivity contribution in [2.45, 2.75) is 69.8 Å². The van der Waals surface area contributed by atoms with Crippen molar-refractivity contribution in [2.24, 2.45) is 0 Å². The minimum absolute atomic E-state index is 0.00362. The summed E-state index contributed by atoms with van der Waals surface area (Å²) < 4.78 is 42.4. The molecule has 5 rings (SSSR count). The summed E-state index contributed by atoms with van der Waals surface area (Å²) in [7, 11) is 2.11. The van der Waals surface area contributed by atoms with Crippen molar-refractivity contribution in [1.82, 2.24) is 24.8 Å². The number of benzene rings is 1. The topological polar surface area (TPSA) is 62.5 Å². The van der Waals surface area contributed by atoms with Crippen LogP contribution >= 0.6 is 0 Å². The molecule has 2 bridgehead atoms. The van der Waals surface area contributed by atoms with Gasteiger partial charge in [0.1, 0.15) is 0 Å². The second-order valence-electron chi connectivity index (χ2n) is 9.79. The fourth-order valence-electron chi connectivity index (χ4n) is 5.26. The van der Waals surface area contributed by atoms with E-state index in [9.17, 15) is 18.0 Å². The maximum absolute atomic E-state index is 13.9. The Morgan fingerprint density at radius 1 is 1.09 bits per heavy atom. The highest BCUT2D eigenvalue weighted by atomic mass is 19.4. The number of rotatable bonds is 4. The Balaban J connectivity index is 1.46. The zero-order valence-corrected chi connectivity index (χ0v) is 19.4. The van der Waals surface area contributed by atoms with Crippen LogP contribution in [-0.4, -0.2) is 50.6 Å². The highest BCUT2D eigenvalue weighted by molar-refractivity contribution is 5.93. The molecule has 0 saturated carbocycles. The Labute approximate surface area is 196 Å². The van der Waals surface area contributed by atoms with E-state index in [-0.39, 0.29) is 23.1 Å². The summed E-state index contributed by atoms with van der Waals surface area (Å²) in [6.45, 7) is 4.10. The van der Waals surface area contributed by atoms with Crippen LogP contribution < -0.4 is 5.32 Å². The molecule has 1 amide bonds. The van der Waals surface area contributed by atoms with Gasteiger partial charge in [-0.25, -0.2) is 9.50 Å². The van der Waals surface area contributed by atoms with Gasteiger partial charge >= 0.3 is 6.18 Å². The van der Waals surface area contributed by atoms with Gasteiger partial charge in [0, 0.05) is 29.8 Å². The van der Waals surface area contributed by atoms with E-state index in [1.54, 1.807) is 12.1 Å². The van der Waals surface area contributed by atoms with Crippen LogP contribution in [-0.2, 0) is 6.18 Å². The number of amides is 1. The SMILES string of the molecule is CC(C)c1ccc(-c2cc(C(F)(F)F)n3nc(C(=O)NC4CC5CCC(C4)N5C)cc3n2)cc1. The molecule has 0 spiro atoms. The van der Waals surface area contributed by atoms with Crippen molar-refractivity contribution in [1.29, 1.82) is 0 Å². The third kappa shape index (κ3) is 4.17. The second kappa shape index (κ2) is 8.37. The Morgan fingerprint density at radius 2 is 1.74 bits per heavy atom. The first-order chi connectivity index (χ1) is 16.1. The molecule has 6 nitrogen and oxygen atoms in total. The third-order valence-corrected chi connectivity index (χ3v) is 7.26. The molecule has 34 heavy (non-hydrogen) atoms. The van der Waals surface area contributed by atoms with Gasteiger partial charge in [0.05, 0.1) is 5.69 Å². The third-order valence-electron chi connectivity index (χ3n) is 7.26. The minimum Gasteiger partial charge on any atom is -0.348 e. The number of carbonyl (C=O) groups excluding carboxylic acids is 1. The summed E-state index contributed by atoms with van der Waals surface area (Å²) in [5.41, 5.74) is 0.826. The lowest BCUT2D eigenvalue weighted by atomic mass is 9.98. The molecular weight excluding hydrogens is 443 g/mol. The quantitative estimate of drug-likeness (QED) is 0.588. The van der Waals surface area contributed by atoms with Gasteiger partial charge in [-0.3, -0.25) is 4.79 Å². The normalized spacial score (nSPS) is 23.1. The predicted octanol–water partition coefficient (Wildman–Crippen LogP) is 4.89. The first-order valence-electron chi connectivity index (χ1n) is 11.7. The van der Waals surface area contributed by atoms with Crippen LogP contribution in [0.25, 0.3) is 16.9 Å². The van der Waals surface area contributed by atoms with Crippen molar-refractivity contribution in [2.75, 3.05) is 7.05 Å². The van der Waals surface area contributed by atoms with Gasteiger partial charge in [0.2, 0.25) is 0 Å². The predicted molar refractivity (Wildman–Crippen MR) is 123 cm³/mol. The van der Waals surface area contributed by atoms with Crippen LogP contribution in [0.4, 0.5) is 13.2 Å². The molecule has 0 radical (unpaired) electrons. The molecule has 4 heterocycles. The van der Waals surface area contributed by atoms with Gasteiger partial charge in [-0.05, 0) is 50.3 Å². The summed E-state index contributed by atoms with van der Waals surface area (Å²) in [6, 6.07) is 10.5. The van der Waals surface area contributed by atoms with E-state index in [0.717, 1.165) is 41.8 Å². The van der Waals surface area contributed by atoms with Gasteiger partial charge in [0.25, 0.3) is 5.91 Å². The molecule has 1 aromatic carbocycles. The van der Waals surface area contributed by atoms with E-state index in [4.69, 9.17) is 0 Å². The standard InChI is InChI=1S/C25H28F3N5O/c1-14(2)15-4-6-16(7-5-15)20-12-22(25(26,27)28)33-23(30-20)13-21(31-33)24(34)29-17-10-18-8-9-19(11-17)32(18)3/h4-7,12-14,17-19H,8-11H2,1-3H3,(H,29,34). The molecule has 2 fully saturated rings. The van der Waals surface area contributed by atoms with Crippen LogP contribution in [0.5, 0.6) is 0 Å². The molecular formula is C25H28F3N5O. The van der Waals surface area contributed by atoms with Crippen LogP contribution in [0, 0.1) is 0 Å². The Kier molecular flexibility index (Phi) is 5.62. The van der Waals surface area contributed by atoms with Crippen LogP contribution in [0.2, 0.25) is 0 Å². The molecule has 2 atom stereocenters. The number of nitrogens with one attached hydrogen (secondary N) is 1. The number of alkyl halides is 3. The number of aromatic nitrogens is 3. The van der Waals surface area contributed by atoms with Gasteiger partial charge in [-0.1, -0.05) is 38.1 Å².